The molecule has 16 heavy (non-hydrogen) atoms. The molecule has 0 fully saturated rings. The molecule has 0 amide bonds. The van der Waals surface area contributed by atoms with Crippen LogP contribution in [0.25, 0.3) is 0 Å². The minimum atomic E-state index is -1.55. The SMILES string of the molecule is C[N+](C)(C)CCO.O=C([O-])C=CC(=O)[O-].[Na+]. The van der Waals surface area contributed by atoms with Crippen molar-refractivity contribution in [2.24, 2.45) is 0 Å². The number of aliphatic hydroxyl groups is 1. The van der Waals surface area contributed by atoms with Gasteiger partial charge in [0.25, 0.3) is 0 Å². The van der Waals surface area contributed by atoms with Gasteiger partial charge < -0.3 is 29.4 Å². The molecule has 0 aromatic heterocycles. The Morgan fingerprint density at radius 2 is 1.44 bits per heavy atom. The maximum atomic E-state index is 9.41. The summed E-state index contributed by atoms with van der Waals surface area (Å²) >= 11 is 0. The molecule has 0 bridgehead atoms. The number of aliphatic hydroxyl groups excluding tert-OH is 1. The third kappa shape index (κ3) is 29.2. The maximum Gasteiger partial charge on any atom is 1.00 e. The van der Waals surface area contributed by atoms with Crippen molar-refractivity contribution in [1.29, 1.82) is 0 Å². The first-order valence-corrected chi connectivity index (χ1v) is 4.20. The predicted molar refractivity (Wildman–Crippen MR) is 49.1 cm³/mol. The van der Waals surface area contributed by atoms with Gasteiger partial charge in [-0.05, 0) is 12.2 Å². The fourth-order valence-electron chi connectivity index (χ4n) is 0.436. The van der Waals surface area contributed by atoms with Gasteiger partial charge in [0, 0.05) is 0 Å². The van der Waals surface area contributed by atoms with Gasteiger partial charge in [0.05, 0.1) is 39.7 Å². The summed E-state index contributed by atoms with van der Waals surface area (Å²) in [6, 6.07) is 0. The van der Waals surface area contributed by atoms with Gasteiger partial charge in [-0.2, -0.15) is 0 Å². The summed E-state index contributed by atoms with van der Waals surface area (Å²) < 4.78 is 0.844. The molecule has 6 nitrogen and oxygen atoms in total. The normalized spacial score (nSPS) is 10.0. The van der Waals surface area contributed by atoms with Crippen molar-refractivity contribution in [3.05, 3.63) is 12.2 Å². The van der Waals surface area contributed by atoms with Gasteiger partial charge in [0.15, 0.2) is 0 Å². The molecule has 0 aliphatic rings. The summed E-state index contributed by atoms with van der Waals surface area (Å²) in [5.41, 5.74) is 0. The van der Waals surface area contributed by atoms with Crippen LogP contribution in [0.3, 0.4) is 0 Å². The molecule has 1 N–H and O–H groups in total. The van der Waals surface area contributed by atoms with Gasteiger partial charge in [-0.15, -0.1) is 0 Å². The van der Waals surface area contributed by atoms with E-state index in [2.05, 4.69) is 21.1 Å². The zero-order valence-corrected chi connectivity index (χ0v) is 12.1. The number of quaternary nitrogens is 1. The molecule has 88 valence electrons. The third-order valence-corrected chi connectivity index (χ3v) is 1.13. The van der Waals surface area contributed by atoms with E-state index in [0.717, 1.165) is 11.0 Å². The van der Waals surface area contributed by atoms with Crippen LogP contribution in [0, 0.1) is 0 Å². The van der Waals surface area contributed by atoms with Crippen molar-refractivity contribution in [1.82, 2.24) is 0 Å². The Morgan fingerprint density at radius 3 is 1.50 bits per heavy atom. The summed E-state index contributed by atoms with van der Waals surface area (Å²) in [7, 11) is 6.16. The monoisotopic (exact) mass is 241 g/mol. The van der Waals surface area contributed by atoms with E-state index in [1.165, 1.54) is 0 Å². The van der Waals surface area contributed by atoms with Crippen molar-refractivity contribution in [3.63, 3.8) is 0 Å². The molecule has 0 rings (SSSR count). The van der Waals surface area contributed by atoms with E-state index >= 15 is 0 Å². The fraction of sp³-hybridized carbons (Fsp3) is 0.556. The molecular weight excluding hydrogens is 225 g/mol. The minimum absolute atomic E-state index is 0. The maximum absolute atomic E-state index is 9.41. The molecule has 0 aliphatic heterocycles. The van der Waals surface area contributed by atoms with Crippen LogP contribution in [0.4, 0.5) is 0 Å². The summed E-state index contributed by atoms with van der Waals surface area (Å²) in [5.74, 6) is -3.09. The van der Waals surface area contributed by atoms with Crippen LogP contribution in [0.1, 0.15) is 0 Å². The number of carboxylic acid groups (broad SMARTS) is 2. The number of likely N-dealkylation sites (N-methyl/N-ethyl adjacent to an activating group) is 1. The number of hydrogen-bond donors (Lipinski definition) is 1. The quantitative estimate of drug-likeness (QED) is 0.300. The predicted octanol–water partition coefficient (Wildman–Crippen LogP) is -6.27. The van der Waals surface area contributed by atoms with Gasteiger partial charge in [-0.25, -0.2) is 0 Å². The summed E-state index contributed by atoms with van der Waals surface area (Å²) in [4.78, 5) is 18.8. The first-order chi connectivity index (χ1) is 6.69. The number of carbonyl (C=O) groups is 2. The van der Waals surface area contributed by atoms with E-state index in [4.69, 9.17) is 5.11 Å². The molecule has 0 heterocycles. The van der Waals surface area contributed by atoms with Crippen LogP contribution < -0.4 is 39.8 Å². The molecule has 0 aromatic carbocycles. The van der Waals surface area contributed by atoms with Crippen LogP contribution in [-0.4, -0.2) is 55.8 Å². The van der Waals surface area contributed by atoms with Crippen LogP contribution in [0.15, 0.2) is 12.2 Å². The zero-order chi connectivity index (χ0) is 12.5. The topological polar surface area (TPSA) is 100 Å². The first-order valence-electron chi connectivity index (χ1n) is 4.20. The molecule has 0 saturated carbocycles. The van der Waals surface area contributed by atoms with Crippen molar-refractivity contribution in [2.75, 3.05) is 34.3 Å². The Morgan fingerprint density at radius 1 is 1.12 bits per heavy atom. The van der Waals surface area contributed by atoms with Crippen molar-refractivity contribution < 1.29 is 58.9 Å². The number of hydrogen-bond acceptors (Lipinski definition) is 5. The van der Waals surface area contributed by atoms with Crippen molar-refractivity contribution in [3.8, 4) is 0 Å². The van der Waals surface area contributed by atoms with Crippen molar-refractivity contribution >= 4 is 11.9 Å². The number of carboxylic acids is 2. The first kappa shape index (κ1) is 20.9. The Balaban J connectivity index is -0.000000200. The van der Waals surface area contributed by atoms with Gasteiger partial charge >= 0.3 is 29.6 Å². The molecule has 0 radical (unpaired) electrons. The average Bonchev–Trinajstić information content (AvgIpc) is 1.99. The second-order valence-corrected chi connectivity index (χ2v) is 3.71. The second kappa shape index (κ2) is 11.1. The van der Waals surface area contributed by atoms with Crippen LogP contribution in [0.5, 0.6) is 0 Å². The summed E-state index contributed by atoms with van der Waals surface area (Å²) in [5, 5.41) is 27.2. The van der Waals surface area contributed by atoms with E-state index < -0.39 is 11.9 Å². The molecule has 0 aliphatic carbocycles. The van der Waals surface area contributed by atoms with Crippen LogP contribution in [-0.2, 0) is 9.59 Å². The molecular formula is C9H16NNaO5. The standard InChI is InChI=1S/C5H14NO.C4H4O4.Na/c1-6(2,3)4-5-7;5-3(6)1-2-4(7)8;/h7H,4-5H2,1-3H3;1-2H,(H,5,6)(H,7,8);/q+1;;+1/p-2. The molecule has 7 heteroatoms. The minimum Gasteiger partial charge on any atom is -0.545 e. The van der Waals surface area contributed by atoms with E-state index in [0.29, 0.717) is 12.2 Å². The molecule has 0 aromatic rings. The Kier molecular flexibility index (Phi) is 14.5. The average molecular weight is 241 g/mol. The number of carbonyl (C=O) groups excluding carboxylic acids is 2. The third-order valence-electron chi connectivity index (χ3n) is 1.13. The Labute approximate surface area is 117 Å². The van der Waals surface area contributed by atoms with Crippen LogP contribution in [0.2, 0.25) is 0 Å². The van der Waals surface area contributed by atoms with E-state index in [1.807, 2.05) is 0 Å². The molecule has 0 spiro atoms. The zero-order valence-electron chi connectivity index (χ0n) is 10.1. The second-order valence-electron chi connectivity index (χ2n) is 3.71. The number of rotatable bonds is 4. The van der Waals surface area contributed by atoms with Crippen molar-refractivity contribution in [2.45, 2.75) is 0 Å². The Bertz CT molecular complexity index is 219. The number of aliphatic carboxylic acids is 2. The summed E-state index contributed by atoms with van der Waals surface area (Å²) in [6.45, 7) is 1.11. The van der Waals surface area contributed by atoms with Gasteiger partial charge in [-0.3, -0.25) is 0 Å². The van der Waals surface area contributed by atoms with Crippen LogP contribution >= 0.6 is 0 Å². The van der Waals surface area contributed by atoms with Gasteiger partial charge in [0.2, 0.25) is 0 Å². The molecule has 0 saturated heterocycles. The molecule has 0 unspecified atom stereocenters. The van der Waals surface area contributed by atoms with Gasteiger partial charge in [0.1, 0.15) is 6.54 Å². The number of nitrogens with zero attached hydrogens (tertiary/aromatic N) is 1. The van der Waals surface area contributed by atoms with Gasteiger partial charge in [-0.1, -0.05) is 0 Å². The fourth-order valence-corrected chi connectivity index (χ4v) is 0.436. The smallest absolute Gasteiger partial charge is 0.545 e. The largest absolute Gasteiger partial charge is 1.00 e. The molecule has 0 atom stereocenters. The Hall–Kier alpha value is -0.400. The van der Waals surface area contributed by atoms with E-state index in [9.17, 15) is 19.8 Å². The summed E-state index contributed by atoms with van der Waals surface area (Å²) in [6.07, 6.45) is 0.769. The van der Waals surface area contributed by atoms with E-state index in [-0.39, 0.29) is 36.2 Å². The van der Waals surface area contributed by atoms with E-state index in [1.54, 1.807) is 0 Å².